The number of nitrogens with one attached hydrogen (secondary N) is 2. The van der Waals surface area contributed by atoms with Gasteiger partial charge in [-0.2, -0.15) is 0 Å². The predicted octanol–water partition coefficient (Wildman–Crippen LogP) is 3.14. The smallest absolute Gasteiger partial charge is 0.307 e. The fourth-order valence-corrected chi connectivity index (χ4v) is 4.24. The molecule has 4 rings (SSSR count). The lowest BCUT2D eigenvalue weighted by Crippen LogP contribution is -2.29. The maximum absolute atomic E-state index is 12.4. The average Bonchev–Trinajstić information content (AvgIpc) is 3.18. The van der Waals surface area contributed by atoms with Crippen LogP contribution < -0.4 is 10.6 Å². The second-order valence-corrected chi connectivity index (χ2v) is 8.19. The Bertz CT molecular complexity index is 904. The van der Waals surface area contributed by atoms with Gasteiger partial charge in [0.1, 0.15) is 0 Å². The first-order chi connectivity index (χ1) is 13.5. The second-order valence-electron chi connectivity index (χ2n) is 7.33. The number of carboxylic acid groups (broad SMARTS) is 1. The van der Waals surface area contributed by atoms with Gasteiger partial charge in [-0.3, -0.25) is 14.4 Å². The van der Waals surface area contributed by atoms with Crippen molar-refractivity contribution in [2.45, 2.75) is 38.1 Å². The van der Waals surface area contributed by atoms with E-state index < -0.39 is 17.8 Å². The maximum Gasteiger partial charge on any atom is 0.307 e. The number of carbonyl (C=O) groups is 3. The molecule has 2 fully saturated rings. The summed E-state index contributed by atoms with van der Waals surface area (Å²) in [5, 5.41) is 17.2. The Morgan fingerprint density at radius 3 is 2.43 bits per heavy atom. The van der Waals surface area contributed by atoms with Gasteiger partial charge in [-0.15, -0.1) is 11.3 Å². The molecular formula is C20H21N3O4S. The van der Waals surface area contributed by atoms with E-state index in [9.17, 15) is 19.5 Å². The third-order valence-corrected chi connectivity index (χ3v) is 6.02. The number of thiazole rings is 1. The van der Waals surface area contributed by atoms with E-state index in [4.69, 9.17) is 0 Å². The van der Waals surface area contributed by atoms with E-state index in [0.29, 0.717) is 35.3 Å². The van der Waals surface area contributed by atoms with Crippen LogP contribution in [0.15, 0.2) is 29.6 Å². The Morgan fingerprint density at radius 1 is 1.04 bits per heavy atom. The Hall–Kier alpha value is -2.74. The number of benzene rings is 1. The molecule has 0 radical (unpaired) electrons. The SMILES string of the molecule is O=C(NC1CC1)c1ccc(-c2csc(NC(=O)[C@@H]3CCC[C@@H]3C(=O)O)n2)cc1. The molecule has 7 nitrogen and oxygen atoms in total. The number of rotatable bonds is 6. The number of aliphatic carboxylic acids is 1. The van der Waals surface area contributed by atoms with Gasteiger partial charge >= 0.3 is 5.97 Å². The van der Waals surface area contributed by atoms with E-state index in [1.807, 2.05) is 17.5 Å². The maximum atomic E-state index is 12.4. The van der Waals surface area contributed by atoms with Crippen molar-refractivity contribution in [1.29, 1.82) is 0 Å². The molecular weight excluding hydrogens is 378 g/mol. The molecule has 1 heterocycles. The monoisotopic (exact) mass is 399 g/mol. The van der Waals surface area contributed by atoms with Crippen molar-refractivity contribution in [2.24, 2.45) is 11.8 Å². The standard InChI is InChI=1S/C20H21N3O4S/c24-17(21-13-8-9-13)12-6-4-11(5-7-12)16-10-28-20(22-16)23-18(25)14-2-1-3-15(14)19(26)27/h4-7,10,13-15H,1-3,8-9H2,(H,21,24)(H,26,27)(H,22,23,25)/t14-,15+/m1/s1. The lowest BCUT2D eigenvalue weighted by Gasteiger charge is -2.14. The van der Waals surface area contributed by atoms with Crippen LogP contribution in [0.5, 0.6) is 0 Å². The number of anilines is 1. The van der Waals surface area contributed by atoms with Crippen molar-refractivity contribution >= 4 is 34.3 Å². The number of carboxylic acids is 1. The van der Waals surface area contributed by atoms with E-state index in [1.54, 1.807) is 12.1 Å². The van der Waals surface area contributed by atoms with Crippen LogP contribution >= 0.6 is 11.3 Å². The summed E-state index contributed by atoms with van der Waals surface area (Å²) in [6.45, 7) is 0. The summed E-state index contributed by atoms with van der Waals surface area (Å²) in [6, 6.07) is 7.51. The van der Waals surface area contributed by atoms with Crippen molar-refractivity contribution in [3.63, 3.8) is 0 Å². The van der Waals surface area contributed by atoms with Crippen LogP contribution in [0.2, 0.25) is 0 Å². The van der Waals surface area contributed by atoms with E-state index in [-0.39, 0.29) is 11.8 Å². The Balaban J connectivity index is 1.40. The van der Waals surface area contributed by atoms with Crippen molar-refractivity contribution in [1.82, 2.24) is 10.3 Å². The lowest BCUT2D eigenvalue weighted by atomic mass is 9.95. The quantitative estimate of drug-likeness (QED) is 0.691. The summed E-state index contributed by atoms with van der Waals surface area (Å²) < 4.78 is 0. The van der Waals surface area contributed by atoms with Gasteiger partial charge in [0.05, 0.1) is 17.5 Å². The van der Waals surface area contributed by atoms with Gasteiger partial charge in [-0.1, -0.05) is 18.6 Å². The average molecular weight is 399 g/mol. The molecule has 0 spiro atoms. The molecule has 0 saturated heterocycles. The molecule has 2 atom stereocenters. The summed E-state index contributed by atoms with van der Waals surface area (Å²) in [6.07, 6.45) is 3.97. The highest BCUT2D eigenvalue weighted by atomic mass is 32.1. The molecule has 0 bridgehead atoms. The molecule has 3 N–H and O–H groups in total. The first kappa shape index (κ1) is 18.6. The van der Waals surface area contributed by atoms with Gasteiger partial charge < -0.3 is 15.7 Å². The molecule has 2 aliphatic rings. The zero-order valence-electron chi connectivity index (χ0n) is 15.2. The first-order valence-corrected chi connectivity index (χ1v) is 10.3. The molecule has 2 aromatic rings. The molecule has 2 amide bonds. The fourth-order valence-electron chi connectivity index (χ4n) is 3.52. The van der Waals surface area contributed by atoms with Crippen LogP contribution in [-0.2, 0) is 9.59 Å². The van der Waals surface area contributed by atoms with Crippen LogP contribution in [0.3, 0.4) is 0 Å². The normalized spacial score (nSPS) is 21.3. The third-order valence-electron chi connectivity index (χ3n) is 5.26. The highest BCUT2D eigenvalue weighted by Gasteiger charge is 2.38. The number of hydrogen-bond acceptors (Lipinski definition) is 5. The largest absolute Gasteiger partial charge is 0.481 e. The minimum atomic E-state index is -0.914. The first-order valence-electron chi connectivity index (χ1n) is 9.42. The fraction of sp³-hybridized carbons (Fsp3) is 0.400. The van der Waals surface area contributed by atoms with Crippen LogP contribution in [0.25, 0.3) is 11.3 Å². The summed E-state index contributed by atoms with van der Waals surface area (Å²) in [5.41, 5.74) is 2.17. The Morgan fingerprint density at radius 2 is 1.75 bits per heavy atom. The van der Waals surface area contributed by atoms with E-state index >= 15 is 0 Å². The Labute approximate surface area is 166 Å². The van der Waals surface area contributed by atoms with Crippen molar-refractivity contribution in [2.75, 3.05) is 5.32 Å². The molecule has 146 valence electrons. The van der Waals surface area contributed by atoms with Gasteiger partial charge in [0.2, 0.25) is 5.91 Å². The van der Waals surface area contributed by atoms with E-state index in [1.165, 1.54) is 11.3 Å². The van der Waals surface area contributed by atoms with E-state index in [2.05, 4.69) is 15.6 Å². The minimum Gasteiger partial charge on any atom is -0.481 e. The van der Waals surface area contributed by atoms with E-state index in [0.717, 1.165) is 24.8 Å². The number of carbonyl (C=O) groups excluding carboxylic acids is 2. The topological polar surface area (TPSA) is 108 Å². The van der Waals surface area contributed by atoms with Gasteiger partial charge in [0, 0.05) is 22.5 Å². The molecule has 28 heavy (non-hydrogen) atoms. The predicted molar refractivity (Wildman–Crippen MR) is 105 cm³/mol. The van der Waals surface area contributed by atoms with Gasteiger partial charge in [0.25, 0.3) is 5.91 Å². The zero-order chi connectivity index (χ0) is 19.7. The molecule has 2 saturated carbocycles. The van der Waals surface area contributed by atoms with Crippen molar-refractivity contribution in [3.05, 3.63) is 35.2 Å². The van der Waals surface area contributed by atoms with Crippen molar-refractivity contribution in [3.8, 4) is 11.3 Å². The van der Waals surface area contributed by atoms with Gasteiger partial charge in [0.15, 0.2) is 5.13 Å². The molecule has 2 aliphatic carbocycles. The summed E-state index contributed by atoms with van der Waals surface area (Å²) in [7, 11) is 0. The Kier molecular flexibility index (Phi) is 5.13. The van der Waals surface area contributed by atoms with Crippen molar-refractivity contribution < 1.29 is 19.5 Å². The highest BCUT2D eigenvalue weighted by molar-refractivity contribution is 7.14. The molecule has 1 aromatic carbocycles. The molecule has 1 aromatic heterocycles. The number of nitrogens with zero attached hydrogens (tertiary/aromatic N) is 1. The highest BCUT2D eigenvalue weighted by Crippen LogP contribution is 2.33. The van der Waals surface area contributed by atoms with Crippen LogP contribution in [-0.4, -0.2) is 33.9 Å². The molecule has 0 aliphatic heterocycles. The van der Waals surface area contributed by atoms with Gasteiger partial charge in [-0.25, -0.2) is 4.98 Å². The minimum absolute atomic E-state index is 0.0650. The van der Waals surface area contributed by atoms with Crippen LogP contribution in [0, 0.1) is 11.8 Å². The second kappa shape index (κ2) is 7.71. The lowest BCUT2D eigenvalue weighted by molar-refractivity contribution is -0.145. The van der Waals surface area contributed by atoms with Gasteiger partial charge in [-0.05, 0) is 37.8 Å². The number of hydrogen-bond donors (Lipinski definition) is 3. The summed E-state index contributed by atoms with van der Waals surface area (Å²) in [4.78, 5) is 40.2. The molecule has 0 unspecified atom stereocenters. The summed E-state index contributed by atoms with van der Waals surface area (Å²) in [5.74, 6) is -2.38. The van der Waals surface area contributed by atoms with Crippen LogP contribution in [0.4, 0.5) is 5.13 Å². The summed E-state index contributed by atoms with van der Waals surface area (Å²) >= 11 is 1.30. The number of amides is 2. The molecule has 8 heteroatoms. The van der Waals surface area contributed by atoms with Crippen LogP contribution in [0.1, 0.15) is 42.5 Å². The third kappa shape index (κ3) is 4.06. The number of aromatic nitrogens is 1. The zero-order valence-corrected chi connectivity index (χ0v) is 16.0.